The van der Waals surface area contributed by atoms with Gasteiger partial charge in [-0.25, -0.2) is 5.48 Å². The highest BCUT2D eigenvalue weighted by Crippen LogP contribution is 2.22. The topological polar surface area (TPSA) is 140 Å². The highest BCUT2D eigenvalue weighted by Gasteiger charge is 2.26. The summed E-state index contributed by atoms with van der Waals surface area (Å²) < 4.78 is 0. The number of hydrogen-bond donors (Lipinski definition) is 6. The van der Waals surface area contributed by atoms with Gasteiger partial charge in [0.15, 0.2) is 0 Å². The fourth-order valence-electron chi connectivity index (χ4n) is 3.40. The SMILES string of the molecule is C[C@@H](O)[C@H](NC(=O)c1ccc(-c2ccc(NC(=O)C3CCCN3)cc2)cc1)C(=O)NO. The summed E-state index contributed by atoms with van der Waals surface area (Å²) in [4.78, 5) is 36.1. The van der Waals surface area contributed by atoms with Crippen molar-refractivity contribution in [2.45, 2.75) is 38.0 Å². The molecule has 31 heavy (non-hydrogen) atoms. The molecule has 0 spiro atoms. The molecule has 3 rings (SSSR count). The Morgan fingerprint density at radius 2 is 1.65 bits per heavy atom. The average molecular weight is 426 g/mol. The minimum atomic E-state index is -1.28. The number of nitrogens with one attached hydrogen (secondary N) is 4. The van der Waals surface area contributed by atoms with E-state index in [1.54, 1.807) is 24.3 Å². The third kappa shape index (κ3) is 5.66. The monoisotopic (exact) mass is 426 g/mol. The number of hydrogen-bond acceptors (Lipinski definition) is 6. The van der Waals surface area contributed by atoms with Crippen LogP contribution in [0.2, 0.25) is 0 Å². The van der Waals surface area contributed by atoms with Crippen molar-refractivity contribution < 1.29 is 24.7 Å². The van der Waals surface area contributed by atoms with Crippen molar-refractivity contribution in [1.29, 1.82) is 0 Å². The van der Waals surface area contributed by atoms with Gasteiger partial charge in [-0.2, -0.15) is 0 Å². The molecule has 2 aromatic carbocycles. The number of benzene rings is 2. The highest BCUT2D eigenvalue weighted by molar-refractivity contribution is 5.98. The molecule has 0 bridgehead atoms. The van der Waals surface area contributed by atoms with E-state index >= 15 is 0 Å². The molecule has 1 fully saturated rings. The second-order valence-corrected chi connectivity index (χ2v) is 7.46. The molecule has 1 unspecified atom stereocenters. The van der Waals surface area contributed by atoms with E-state index in [0.29, 0.717) is 11.3 Å². The summed E-state index contributed by atoms with van der Waals surface area (Å²) >= 11 is 0. The lowest BCUT2D eigenvalue weighted by Crippen LogP contribution is -2.51. The molecule has 0 aliphatic carbocycles. The fraction of sp³-hybridized carbons (Fsp3) is 0.318. The Morgan fingerprint density at radius 3 is 2.16 bits per heavy atom. The molecule has 0 radical (unpaired) electrons. The predicted octanol–water partition coefficient (Wildman–Crippen LogP) is 1.03. The number of carbonyl (C=O) groups excluding carboxylic acids is 3. The van der Waals surface area contributed by atoms with E-state index in [1.807, 2.05) is 24.3 Å². The van der Waals surface area contributed by atoms with Gasteiger partial charge in [0.1, 0.15) is 6.04 Å². The fourth-order valence-corrected chi connectivity index (χ4v) is 3.40. The van der Waals surface area contributed by atoms with Crippen LogP contribution in [0, 0.1) is 0 Å². The molecule has 0 aromatic heterocycles. The minimum absolute atomic E-state index is 0.0361. The van der Waals surface area contributed by atoms with E-state index in [2.05, 4.69) is 16.0 Å². The average Bonchev–Trinajstić information content (AvgIpc) is 3.32. The van der Waals surface area contributed by atoms with E-state index in [1.165, 1.54) is 12.4 Å². The standard InChI is InChI=1S/C22H26N4O5/c1-13(27)19(22(30)26-31)25-20(28)16-6-4-14(5-7-16)15-8-10-17(11-9-15)24-21(29)18-3-2-12-23-18/h4-11,13,18-19,23,27,31H,2-3,12H2,1H3,(H,24,29)(H,25,28)(H,26,30)/t13-,18?,19+/m1/s1. The molecule has 0 saturated carbocycles. The summed E-state index contributed by atoms with van der Waals surface area (Å²) in [5.41, 5.74) is 4.21. The Labute approximate surface area is 179 Å². The Kier molecular flexibility index (Phi) is 7.35. The molecule has 3 amide bonds. The largest absolute Gasteiger partial charge is 0.391 e. The molecular weight excluding hydrogens is 400 g/mol. The third-order valence-electron chi connectivity index (χ3n) is 5.17. The number of hydroxylamine groups is 1. The van der Waals surface area contributed by atoms with Crippen LogP contribution in [0.1, 0.15) is 30.1 Å². The predicted molar refractivity (Wildman–Crippen MR) is 114 cm³/mol. The number of anilines is 1. The molecule has 6 N–H and O–H groups in total. The first-order valence-electron chi connectivity index (χ1n) is 10.1. The van der Waals surface area contributed by atoms with E-state index in [4.69, 9.17) is 5.21 Å². The summed E-state index contributed by atoms with van der Waals surface area (Å²) in [5, 5.41) is 26.8. The van der Waals surface area contributed by atoms with Crippen molar-refractivity contribution in [3.63, 3.8) is 0 Å². The van der Waals surface area contributed by atoms with Crippen LogP contribution >= 0.6 is 0 Å². The number of amides is 3. The number of aliphatic hydroxyl groups excluding tert-OH is 1. The molecule has 164 valence electrons. The second kappa shape index (κ2) is 10.2. The van der Waals surface area contributed by atoms with E-state index in [0.717, 1.165) is 30.5 Å². The van der Waals surface area contributed by atoms with Crippen LogP contribution < -0.4 is 21.4 Å². The first-order valence-corrected chi connectivity index (χ1v) is 10.1. The Morgan fingerprint density at radius 1 is 1.03 bits per heavy atom. The zero-order chi connectivity index (χ0) is 22.4. The summed E-state index contributed by atoms with van der Waals surface area (Å²) in [7, 11) is 0. The van der Waals surface area contributed by atoms with Crippen molar-refractivity contribution in [3.05, 3.63) is 54.1 Å². The first-order chi connectivity index (χ1) is 14.9. The van der Waals surface area contributed by atoms with Crippen molar-refractivity contribution in [1.82, 2.24) is 16.1 Å². The van der Waals surface area contributed by atoms with E-state index in [9.17, 15) is 19.5 Å². The van der Waals surface area contributed by atoms with Crippen LogP contribution in [0.25, 0.3) is 11.1 Å². The molecule has 1 aliphatic heterocycles. The normalized spacial score (nSPS) is 17.5. The molecule has 1 heterocycles. The van der Waals surface area contributed by atoms with Gasteiger partial charge in [0.25, 0.3) is 11.8 Å². The number of rotatable bonds is 7. The van der Waals surface area contributed by atoms with Crippen molar-refractivity contribution >= 4 is 23.4 Å². The number of carbonyl (C=O) groups is 3. The van der Waals surface area contributed by atoms with Gasteiger partial charge >= 0.3 is 0 Å². The van der Waals surface area contributed by atoms with Crippen LogP contribution in [-0.2, 0) is 9.59 Å². The van der Waals surface area contributed by atoms with Gasteiger partial charge in [-0.15, -0.1) is 0 Å². The molecule has 1 aliphatic rings. The van der Waals surface area contributed by atoms with Crippen LogP contribution in [0.5, 0.6) is 0 Å². The Balaban J connectivity index is 1.63. The van der Waals surface area contributed by atoms with Crippen LogP contribution in [-0.4, -0.2) is 52.8 Å². The number of aliphatic hydroxyl groups is 1. The van der Waals surface area contributed by atoms with E-state index in [-0.39, 0.29) is 11.9 Å². The quantitative estimate of drug-likeness (QED) is 0.289. The lowest BCUT2D eigenvalue weighted by atomic mass is 10.0. The van der Waals surface area contributed by atoms with Crippen molar-refractivity contribution in [3.8, 4) is 11.1 Å². The lowest BCUT2D eigenvalue weighted by molar-refractivity contribution is -0.133. The van der Waals surface area contributed by atoms with Crippen LogP contribution in [0.15, 0.2) is 48.5 Å². The van der Waals surface area contributed by atoms with Crippen LogP contribution in [0.4, 0.5) is 5.69 Å². The zero-order valence-corrected chi connectivity index (χ0v) is 17.1. The third-order valence-corrected chi connectivity index (χ3v) is 5.17. The van der Waals surface area contributed by atoms with Crippen LogP contribution in [0.3, 0.4) is 0 Å². The second-order valence-electron chi connectivity index (χ2n) is 7.46. The zero-order valence-electron chi connectivity index (χ0n) is 17.1. The molecule has 3 atom stereocenters. The Hall–Kier alpha value is -3.27. The molecular formula is C22H26N4O5. The molecule has 9 heteroatoms. The maximum atomic E-state index is 12.4. The maximum Gasteiger partial charge on any atom is 0.268 e. The van der Waals surface area contributed by atoms with Gasteiger partial charge in [-0.05, 0) is 61.7 Å². The van der Waals surface area contributed by atoms with Crippen molar-refractivity contribution in [2.24, 2.45) is 0 Å². The summed E-state index contributed by atoms with van der Waals surface area (Å²) in [6, 6.07) is 12.7. The minimum Gasteiger partial charge on any atom is -0.391 e. The van der Waals surface area contributed by atoms with E-state index < -0.39 is 24.0 Å². The van der Waals surface area contributed by atoms with Crippen molar-refractivity contribution in [2.75, 3.05) is 11.9 Å². The Bertz CT molecular complexity index is 922. The maximum absolute atomic E-state index is 12.4. The molecule has 1 saturated heterocycles. The van der Waals surface area contributed by atoms with Gasteiger partial charge < -0.3 is 21.1 Å². The molecule has 9 nitrogen and oxygen atoms in total. The highest BCUT2D eigenvalue weighted by atomic mass is 16.5. The van der Waals surface area contributed by atoms with Gasteiger partial charge in [0.05, 0.1) is 12.1 Å². The summed E-state index contributed by atoms with van der Waals surface area (Å²) in [6.45, 7) is 2.19. The summed E-state index contributed by atoms with van der Waals surface area (Å²) in [5.74, 6) is -1.50. The summed E-state index contributed by atoms with van der Waals surface area (Å²) in [6.07, 6.45) is 0.657. The van der Waals surface area contributed by atoms with Gasteiger partial charge in [0.2, 0.25) is 5.91 Å². The van der Waals surface area contributed by atoms with Gasteiger partial charge in [0, 0.05) is 11.3 Å². The van der Waals surface area contributed by atoms with Gasteiger partial charge in [-0.3, -0.25) is 19.6 Å². The first kappa shape index (κ1) is 22.4. The smallest absolute Gasteiger partial charge is 0.268 e. The van der Waals surface area contributed by atoms with Gasteiger partial charge in [-0.1, -0.05) is 24.3 Å². The lowest BCUT2D eigenvalue weighted by Gasteiger charge is -2.19. The molecule has 2 aromatic rings.